The van der Waals surface area contributed by atoms with Gasteiger partial charge in [-0.25, -0.2) is 0 Å². The van der Waals surface area contributed by atoms with E-state index in [1.54, 1.807) is 14.2 Å². The zero-order chi connectivity index (χ0) is 14.7. The summed E-state index contributed by atoms with van der Waals surface area (Å²) in [5.41, 5.74) is 11.5. The molecule has 0 saturated carbocycles. The van der Waals surface area contributed by atoms with Gasteiger partial charge in [-0.15, -0.1) is 0 Å². The van der Waals surface area contributed by atoms with Gasteiger partial charge in [0.15, 0.2) is 0 Å². The van der Waals surface area contributed by atoms with Gasteiger partial charge in [0, 0.05) is 12.1 Å². The molecule has 0 radical (unpaired) electrons. The molecule has 0 saturated heterocycles. The lowest BCUT2D eigenvalue weighted by Crippen LogP contribution is -2.01. The third-order valence-corrected chi connectivity index (χ3v) is 3.70. The first-order valence-corrected chi connectivity index (χ1v) is 6.64. The van der Waals surface area contributed by atoms with E-state index in [2.05, 4.69) is 26.0 Å². The maximum Gasteiger partial charge on any atom is 0.129 e. The fourth-order valence-electron chi connectivity index (χ4n) is 2.39. The number of nitrogens with two attached hydrogens (primary N) is 1. The Morgan fingerprint density at radius 1 is 0.950 bits per heavy atom. The van der Waals surface area contributed by atoms with E-state index in [1.165, 1.54) is 5.56 Å². The highest BCUT2D eigenvalue weighted by Gasteiger charge is 2.13. The number of aryl methyl sites for hydroxylation is 1. The Balaban J connectivity index is 2.65. The van der Waals surface area contributed by atoms with E-state index in [1.807, 2.05) is 18.2 Å². The summed E-state index contributed by atoms with van der Waals surface area (Å²) in [5.74, 6) is 1.72. The maximum atomic E-state index is 5.87. The van der Waals surface area contributed by atoms with Gasteiger partial charge in [-0.05, 0) is 48.2 Å². The van der Waals surface area contributed by atoms with Gasteiger partial charge >= 0.3 is 0 Å². The van der Waals surface area contributed by atoms with Crippen LogP contribution in [0.15, 0.2) is 30.3 Å². The highest BCUT2D eigenvalue weighted by molar-refractivity contribution is 5.76. The molecular formula is C17H21NO2. The Hall–Kier alpha value is -2.00. The van der Waals surface area contributed by atoms with Crippen LogP contribution in [0.3, 0.4) is 0 Å². The summed E-state index contributed by atoms with van der Waals surface area (Å²) in [6.07, 6.45) is 0. The second-order valence-corrected chi connectivity index (χ2v) is 4.82. The normalized spacial score (nSPS) is 10.4. The van der Waals surface area contributed by atoms with Crippen LogP contribution in [-0.2, 0) is 6.54 Å². The number of methoxy groups -OCH3 is 2. The first kappa shape index (κ1) is 14.4. The van der Waals surface area contributed by atoms with Crippen LogP contribution in [0.1, 0.15) is 16.7 Å². The summed E-state index contributed by atoms with van der Waals surface area (Å²) in [6.45, 7) is 4.62. The predicted molar refractivity (Wildman–Crippen MR) is 82.3 cm³/mol. The lowest BCUT2D eigenvalue weighted by molar-refractivity contribution is 0.412. The van der Waals surface area contributed by atoms with Crippen LogP contribution < -0.4 is 15.2 Å². The number of benzene rings is 2. The Bertz CT molecular complexity index is 621. The molecule has 0 atom stereocenters. The summed E-state index contributed by atoms with van der Waals surface area (Å²) in [5, 5.41) is 0. The topological polar surface area (TPSA) is 44.5 Å². The lowest BCUT2D eigenvalue weighted by atomic mass is 9.95. The minimum Gasteiger partial charge on any atom is -0.497 e. The van der Waals surface area contributed by atoms with Crippen molar-refractivity contribution < 1.29 is 9.47 Å². The smallest absolute Gasteiger partial charge is 0.129 e. The van der Waals surface area contributed by atoms with Crippen molar-refractivity contribution in [1.29, 1.82) is 0 Å². The van der Waals surface area contributed by atoms with Crippen molar-refractivity contribution in [2.75, 3.05) is 14.2 Å². The summed E-state index contributed by atoms with van der Waals surface area (Å²) >= 11 is 0. The third-order valence-electron chi connectivity index (χ3n) is 3.70. The third kappa shape index (κ3) is 2.49. The van der Waals surface area contributed by atoms with Gasteiger partial charge in [0.2, 0.25) is 0 Å². The molecule has 2 rings (SSSR count). The van der Waals surface area contributed by atoms with Crippen LogP contribution >= 0.6 is 0 Å². The van der Waals surface area contributed by atoms with E-state index in [0.29, 0.717) is 6.54 Å². The van der Waals surface area contributed by atoms with Crippen molar-refractivity contribution in [3.05, 3.63) is 47.0 Å². The molecule has 2 aromatic carbocycles. The summed E-state index contributed by atoms with van der Waals surface area (Å²) in [6, 6.07) is 10.2. The van der Waals surface area contributed by atoms with Crippen LogP contribution in [0, 0.1) is 13.8 Å². The Kier molecular flexibility index (Phi) is 4.30. The molecule has 20 heavy (non-hydrogen) atoms. The van der Waals surface area contributed by atoms with E-state index >= 15 is 0 Å². The van der Waals surface area contributed by atoms with Crippen LogP contribution in [0.5, 0.6) is 11.5 Å². The Labute approximate surface area is 120 Å². The molecule has 3 nitrogen and oxygen atoms in total. The molecule has 2 N–H and O–H groups in total. The van der Waals surface area contributed by atoms with E-state index in [9.17, 15) is 0 Å². The zero-order valence-corrected chi connectivity index (χ0v) is 12.5. The van der Waals surface area contributed by atoms with Crippen molar-refractivity contribution in [2.45, 2.75) is 20.4 Å². The van der Waals surface area contributed by atoms with Crippen molar-refractivity contribution in [2.24, 2.45) is 5.73 Å². The molecule has 0 unspecified atom stereocenters. The highest BCUT2D eigenvalue weighted by atomic mass is 16.5. The van der Waals surface area contributed by atoms with Crippen molar-refractivity contribution in [3.8, 4) is 22.6 Å². The molecule has 0 aliphatic heterocycles. The highest BCUT2D eigenvalue weighted by Crippen LogP contribution is 2.37. The molecule has 0 aromatic heterocycles. The van der Waals surface area contributed by atoms with Crippen molar-refractivity contribution >= 4 is 0 Å². The Morgan fingerprint density at radius 3 is 2.25 bits per heavy atom. The van der Waals surface area contributed by atoms with E-state index < -0.39 is 0 Å². The predicted octanol–water partition coefficient (Wildman–Crippen LogP) is 3.45. The Morgan fingerprint density at radius 2 is 1.65 bits per heavy atom. The fraction of sp³-hybridized carbons (Fsp3) is 0.294. The second-order valence-electron chi connectivity index (χ2n) is 4.82. The first-order chi connectivity index (χ1) is 9.62. The zero-order valence-electron chi connectivity index (χ0n) is 12.5. The molecule has 0 aliphatic carbocycles. The quantitative estimate of drug-likeness (QED) is 0.926. The van der Waals surface area contributed by atoms with Crippen LogP contribution in [0.25, 0.3) is 11.1 Å². The van der Waals surface area contributed by atoms with E-state index in [0.717, 1.165) is 33.8 Å². The van der Waals surface area contributed by atoms with Crippen LogP contribution in [0.4, 0.5) is 0 Å². The molecular weight excluding hydrogens is 250 g/mol. The summed E-state index contributed by atoms with van der Waals surface area (Å²) in [7, 11) is 3.36. The van der Waals surface area contributed by atoms with E-state index in [-0.39, 0.29) is 0 Å². The van der Waals surface area contributed by atoms with Gasteiger partial charge < -0.3 is 15.2 Å². The average molecular weight is 271 g/mol. The molecule has 0 fully saturated rings. The average Bonchev–Trinajstić information content (AvgIpc) is 2.49. The second kappa shape index (κ2) is 5.97. The maximum absolute atomic E-state index is 5.87. The molecule has 2 aromatic rings. The van der Waals surface area contributed by atoms with Crippen molar-refractivity contribution in [1.82, 2.24) is 0 Å². The number of hydrogen-bond acceptors (Lipinski definition) is 3. The lowest BCUT2D eigenvalue weighted by Gasteiger charge is -2.16. The summed E-state index contributed by atoms with van der Waals surface area (Å²) < 4.78 is 10.9. The minimum absolute atomic E-state index is 0.461. The molecule has 0 amide bonds. The first-order valence-electron chi connectivity index (χ1n) is 6.64. The fourth-order valence-corrected chi connectivity index (χ4v) is 2.39. The molecule has 0 bridgehead atoms. The number of hydrogen-bond donors (Lipinski definition) is 1. The molecule has 3 heteroatoms. The minimum atomic E-state index is 0.461. The largest absolute Gasteiger partial charge is 0.497 e. The van der Waals surface area contributed by atoms with Gasteiger partial charge in [-0.1, -0.05) is 18.2 Å². The molecule has 0 spiro atoms. The number of ether oxygens (including phenoxy) is 2. The van der Waals surface area contributed by atoms with Gasteiger partial charge in [0.1, 0.15) is 11.5 Å². The number of rotatable bonds is 4. The monoisotopic (exact) mass is 271 g/mol. The summed E-state index contributed by atoms with van der Waals surface area (Å²) in [4.78, 5) is 0. The van der Waals surface area contributed by atoms with Crippen molar-refractivity contribution in [3.63, 3.8) is 0 Å². The SMILES string of the molecule is COc1ccc(-c2ccc(C)c(C)c2OC)c(CN)c1. The van der Waals surface area contributed by atoms with Gasteiger partial charge in [0.25, 0.3) is 0 Å². The van der Waals surface area contributed by atoms with E-state index in [4.69, 9.17) is 15.2 Å². The standard InChI is InChI=1S/C17H21NO2/c1-11-5-7-16(17(20-4)12(11)2)15-8-6-14(19-3)9-13(15)10-18/h5-9H,10,18H2,1-4H3. The molecule has 106 valence electrons. The molecule has 0 aliphatic rings. The van der Waals surface area contributed by atoms with Crippen LogP contribution in [0.2, 0.25) is 0 Å². The van der Waals surface area contributed by atoms with Crippen LogP contribution in [-0.4, -0.2) is 14.2 Å². The van der Waals surface area contributed by atoms with Gasteiger partial charge in [-0.3, -0.25) is 0 Å². The van der Waals surface area contributed by atoms with Gasteiger partial charge in [0.05, 0.1) is 14.2 Å². The molecule has 0 heterocycles. The van der Waals surface area contributed by atoms with Gasteiger partial charge in [-0.2, -0.15) is 0 Å².